The summed E-state index contributed by atoms with van der Waals surface area (Å²) in [5.41, 5.74) is 1.60. The molecule has 4 rings (SSSR count). The van der Waals surface area contributed by atoms with Gasteiger partial charge in [0.25, 0.3) is 0 Å². The molecular weight excluding hydrogens is 363 g/mol. The molecule has 2 aromatic heterocycles. The molecule has 1 unspecified atom stereocenters. The maximum atomic E-state index is 13.7. The van der Waals surface area contributed by atoms with Gasteiger partial charge in [-0.25, -0.2) is 19.3 Å². The van der Waals surface area contributed by atoms with Crippen LogP contribution in [0.4, 0.5) is 10.2 Å². The van der Waals surface area contributed by atoms with Crippen LogP contribution in [0, 0.1) is 5.82 Å². The van der Waals surface area contributed by atoms with Gasteiger partial charge >= 0.3 is 0 Å². The number of likely N-dealkylation sites (tertiary alicyclic amines) is 1. The van der Waals surface area contributed by atoms with Crippen molar-refractivity contribution in [1.82, 2.24) is 24.4 Å². The number of anilines is 1. The number of carbonyl (C=O) groups excluding carboxylic acids is 1. The van der Waals surface area contributed by atoms with Crippen LogP contribution in [0.2, 0.25) is 0 Å². The summed E-state index contributed by atoms with van der Waals surface area (Å²) in [5.74, 6) is 0.477. The quantitative estimate of drug-likeness (QED) is 0.717. The van der Waals surface area contributed by atoms with E-state index in [1.165, 1.54) is 18.5 Å². The molecule has 0 aliphatic carbocycles. The van der Waals surface area contributed by atoms with Crippen LogP contribution >= 0.6 is 0 Å². The van der Waals surface area contributed by atoms with Crippen molar-refractivity contribution in [3.05, 3.63) is 30.3 Å². The monoisotopic (exact) mass is 384 g/mol. The Hall–Kier alpha value is -3.23. The number of hydrogen-bond acceptors (Lipinski definition) is 6. The number of aryl methyl sites for hydroxylation is 1. The van der Waals surface area contributed by atoms with E-state index in [2.05, 4.69) is 20.3 Å². The van der Waals surface area contributed by atoms with Crippen LogP contribution in [0.25, 0.3) is 22.6 Å². The van der Waals surface area contributed by atoms with Crippen molar-refractivity contribution in [2.75, 3.05) is 18.4 Å². The summed E-state index contributed by atoms with van der Waals surface area (Å²) < 4.78 is 15.4. The van der Waals surface area contributed by atoms with Crippen molar-refractivity contribution in [3.8, 4) is 17.1 Å². The number of nitrogens with zero attached hydrogens (tertiary/aromatic N) is 5. The molecule has 1 aliphatic rings. The summed E-state index contributed by atoms with van der Waals surface area (Å²) in [5, 5.41) is 13.1. The van der Waals surface area contributed by atoms with Gasteiger partial charge in [0.05, 0.1) is 0 Å². The molecule has 146 valence electrons. The summed E-state index contributed by atoms with van der Waals surface area (Å²) >= 11 is 0. The van der Waals surface area contributed by atoms with Gasteiger partial charge in [-0.1, -0.05) is 6.92 Å². The Kier molecular flexibility index (Phi) is 4.58. The first-order valence-corrected chi connectivity index (χ1v) is 9.18. The number of aromatic hydroxyl groups is 1. The van der Waals surface area contributed by atoms with Gasteiger partial charge in [-0.3, -0.25) is 4.79 Å². The molecule has 1 amide bonds. The molecule has 9 heteroatoms. The van der Waals surface area contributed by atoms with Crippen LogP contribution in [-0.4, -0.2) is 54.6 Å². The lowest BCUT2D eigenvalue weighted by molar-refractivity contribution is -0.129. The first kappa shape index (κ1) is 18.1. The lowest BCUT2D eigenvalue weighted by atomic mass is 10.2. The third kappa shape index (κ3) is 3.23. The summed E-state index contributed by atoms with van der Waals surface area (Å²) in [7, 11) is 1.78. The molecule has 2 N–H and O–H groups in total. The van der Waals surface area contributed by atoms with Crippen molar-refractivity contribution in [1.29, 1.82) is 0 Å². The second kappa shape index (κ2) is 7.06. The van der Waals surface area contributed by atoms with Gasteiger partial charge in [-0.15, -0.1) is 0 Å². The van der Waals surface area contributed by atoms with Crippen molar-refractivity contribution >= 4 is 22.9 Å². The number of halogens is 1. The molecule has 3 heterocycles. The predicted octanol–water partition coefficient (Wildman–Crippen LogP) is 2.30. The lowest BCUT2D eigenvalue weighted by Gasteiger charge is -2.16. The minimum absolute atomic E-state index is 0.0808. The van der Waals surface area contributed by atoms with Crippen LogP contribution < -0.4 is 5.32 Å². The molecule has 1 aliphatic heterocycles. The number of phenolic OH excluding ortho intramolecular Hbond substituents is 1. The number of hydrogen-bond donors (Lipinski definition) is 2. The number of benzene rings is 1. The van der Waals surface area contributed by atoms with E-state index < -0.39 is 5.82 Å². The molecule has 1 atom stereocenters. The molecule has 1 saturated heterocycles. The molecule has 0 saturated carbocycles. The summed E-state index contributed by atoms with van der Waals surface area (Å²) in [6.45, 7) is 3.20. The van der Waals surface area contributed by atoms with E-state index in [-0.39, 0.29) is 17.7 Å². The van der Waals surface area contributed by atoms with Crippen LogP contribution in [0.15, 0.2) is 24.5 Å². The second-order valence-corrected chi connectivity index (χ2v) is 6.91. The lowest BCUT2D eigenvalue weighted by Crippen LogP contribution is -2.31. The van der Waals surface area contributed by atoms with Gasteiger partial charge < -0.3 is 19.9 Å². The third-order valence-corrected chi connectivity index (χ3v) is 4.98. The first-order chi connectivity index (χ1) is 13.5. The predicted molar refractivity (Wildman–Crippen MR) is 102 cm³/mol. The number of nitrogens with one attached hydrogen (secondary N) is 1. The third-order valence-electron chi connectivity index (χ3n) is 4.98. The fourth-order valence-corrected chi connectivity index (χ4v) is 3.59. The zero-order chi connectivity index (χ0) is 19.8. The smallest absolute Gasteiger partial charge is 0.222 e. The fraction of sp³-hybridized carbons (Fsp3) is 0.368. The molecule has 1 aromatic carbocycles. The molecular formula is C19H21FN6O2. The zero-order valence-electron chi connectivity index (χ0n) is 15.7. The van der Waals surface area contributed by atoms with Crippen LogP contribution in [0.1, 0.15) is 19.8 Å². The molecule has 28 heavy (non-hydrogen) atoms. The molecule has 8 nitrogen and oxygen atoms in total. The van der Waals surface area contributed by atoms with Crippen molar-refractivity contribution < 1.29 is 14.3 Å². The Morgan fingerprint density at radius 2 is 2.18 bits per heavy atom. The Morgan fingerprint density at radius 1 is 1.36 bits per heavy atom. The van der Waals surface area contributed by atoms with Crippen LogP contribution in [0.3, 0.4) is 0 Å². The zero-order valence-corrected chi connectivity index (χ0v) is 15.7. The molecule has 0 radical (unpaired) electrons. The first-order valence-electron chi connectivity index (χ1n) is 9.18. The minimum Gasteiger partial charge on any atom is -0.508 e. The fourth-order valence-electron chi connectivity index (χ4n) is 3.59. The number of rotatable bonds is 4. The molecule has 1 fully saturated rings. The van der Waals surface area contributed by atoms with Gasteiger partial charge in [-0.2, -0.15) is 0 Å². The standard InChI is InChI=1S/C19H21FN6O2/c1-3-15(28)26-5-4-13(9-26)23-17-16-19(22-10-21-17)25(2)18(24-16)11-6-12(20)8-14(27)7-11/h6-8,10,13,27H,3-5,9H2,1-2H3,(H,21,22,23). The number of imidazole rings is 1. The van der Waals surface area contributed by atoms with Crippen molar-refractivity contribution in [2.45, 2.75) is 25.8 Å². The summed E-state index contributed by atoms with van der Waals surface area (Å²) in [4.78, 5) is 26.9. The molecule has 0 bridgehead atoms. The number of aromatic nitrogens is 4. The molecule has 3 aromatic rings. The summed E-state index contributed by atoms with van der Waals surface area (Å²) in [6, 6.07) is 3.89. The van der Waals surface area contributed by atoms with Gasteiger partial charge in [0, 0.05) is 44.2 Å². The average Bonchev–Trinajstić information content (AvgIpc) is 3.26. The van der Waals surface area contributed by atoms with Crippen LogP contribution in [0.5, 0.6) is 5.75 Å². The molecule has 0 spiro atoms. The highest BCUT2D eigenvalue weighted by molar-refractivity contribution is 5.86. The van der Waals surface area contributed by atoms with E-state index in [0.717, 1.165) is 12.5 Å². The average molecular weight is 384 g/mol. The second-order valence-electron chi connectivity index (χ2n) is 6.91. The van der Waals surface area contributed by atoms with Gasteiger partial charge in [0.15, 0.2) is 17.0 Å². The highest BCUT2D eigenvalue weighted by Gasteiger charge is 2.26. The van der Waals surface area contributed by atoms with E-state index in [1.54, 1.807) is 11.6 Å². The number of phenols is 1. The highest BCUT2D eigenvalue weighted by atomic mass is 19.1. The number of fused-ring (bicyclic) bond motifs is 1. The Balaban J connectivity index is 1.67. The number of carbonyl (C=O) groups is 1. The van der Waals surface area contributed by atoms with Gasteiger partial charge in [-0.05, 0) is 18.6 Å². The summed E-state index contributed by atoms with van der Waals surface area (Å²) in [6.07, 6.45) is 2.77. The van der Waals surface area contributed by atoms with Gasteiger partial charge in [0.1, 0.15) is 23.7 Å². The van der Waals surface area contributed by atoms with E-state index in [0.29, 0.717) is 47.9 Å². The Bertz CT molecular complexity index is 1030. The number of amides is 1. The topological polar surface area (TPSA) is 96.2 Å². The van der Waals surface area contributed by atoms with Crippen LogP contribution in [-0.2, 0) is 11.8 Å². The largest absolute Gasteiger partial charge is 0.508 e. The Labute approximate surface area is 161 Å². The van der Waals surface area contributed by atoms with Crippen molar-refractivity contribution in [2.24, 2.45) is 7.05 Å². The highest BCUT2D eigenvalue weighted by Crippen LogP contribution is 2.29. The van der Waals surface area contributed by atoms with Gasteiger partial charge in [0.2, 0.25) is 5.91 Å². The Morgan fingerprint density at radius 3 is 2.93 bits per heavy atom. The van der Waals surface area contributed by atoms with E-state index in [4.69, 9.17) is 0 Å². The van der Waals surface area contributed by atoms with E-state index >= 15 is 0 Å². The van der Waals surface area contributed by atoms with E-state index in [9.17, 15) is 14.3 Å². The normalized spacial score (nSPS) is 16.7. The maximum Gasteiger partial charge on any atom is 0.222 e. The van der Waals surface area contributed by atoms with E-state index in [1.807, 2.05) is 11.8 Å². The SMILES string of the molecule is CCC(=O)N1CCC(Nc2ncnc3c2nc(-c2cc(O)cc(F)c2)n3C)C1. The maximum absolute atomic E-state index is 13.7. The minimum atomic E-state index is -0.543. The van der Waals surface area contributed by atoms with Crippen molar-refractivity contribution in [3.63, 3.8) is 0 Å².